The highest BCUT2D eigenvalue weighted by Gasteiger charge is 2.35. The largest absolute Gasteiger partial charge is 0.385 e. The van der Waals surface area contributed by atoms with Crippen molar-refractivity contribution in [3.8, 4) is 0 Å². The van der Waals surface area contributed by atoms with Crippen LogP contribution in [0.3, 0.4) is 0 Å². The highest BCUT2D eigenvalue weighted by atomic mass is 16.5. The maximum absolute atomic E-state index is 5.91. The molecule has 0 radical (unpaired) electrons. The fourth-order valence-electron chi connectivity index (χ4n) is 4.06. The minimum Gasteiger partial charge on any atom is -0.385 e. The van der Waals surface area contributed by atoms with Gasteiger partial charge in [0.2, 0.25) is 0 Å². The first kappa shape index (κ1) is 12.7. The number of nitrogens with zero attached hydrogens (tertiary/aromatic N) is 1. The molecular formula is C17H24N2O. The van der Waals surface area contributed by atoms with Crippen LogP contribution >= 0.6 is 0 Å². The number of hydrogen-bond acceptors (Lipinski definition) is 3. The van der Waals surface area contributed by atoms with Crippen LogP contribution in [0, 0.1) is 0 Å². The molecule has 2 aliphatic heterocycles. The minimum atomic E-state index is 0.503. The lowest BCUT2D eigenvalue weighted by atomic mass is 10.00. The molecule has 3 aliphatic rings. The van der Waals surface area contributed by atoms with Crippen molar-refractivity contribution in [2.45, 2.75) is 50.8 Å². The molecule has 3 nitrogen and oxygen atoms in total. The second-order valence-electron chi connectivity index (χ2n) is 6.40. The molecule has 2 heterocycles. The molecule has 0 spiro atoms. The fraction of sp³-hybridized carbons (Fsp3) is 0.647. The number of ether oxygens (including phenoxy) is 1. The molecule has 2 unspecified atom stereocenters. The van der Waals surface area contributed by atoms with Crippen molar-refractivity contribution in [2.75, 3.05) is 25.0 Å². The Kier molecular flexibility index (Phi) is 3.41. The van der Waals surface area contributed by atoms with Crippen molar-refractivity contribution in [3.05, 3.63) is 29.3 Å². The van der Waals surface area contributed by atoms with Gasteiger partial charge in [0.25, 0.3) is 0 Å². The summed E-state index contributed by atoms with van der Waals surface area (Å²) in [7, 11) is 0. The summed E-state index contributed by atoms with van der Waals surface area (Å²) in [6, 6.07) is 7.66. The summed E-state index contributed by atoms with van der Waals surface area (Å²) in [5.41, 5.74) is 4.32. The van der Waals surface area contributed by atoms with E-state index in [4.69, 9.17) is 4.74 Å². The van der Waals surface area contributed by atoms with Crippen molar-refractivity contribution in [3.63, 3.8) is 0 Å². The molecule has 1 aliphatic carbocycles. The van der Waals surface area contributed by atoms with Crippen LogP contribution in [0.4, 0.5) is 5.69 Å². The van der Waals surface area contributed by atoms with E-state index in [9.17, 15) is 0 Å². The van der Waals surface area contributed by atoms with Gasteiger partial charge < -0.3 is 10.1 Å². The first-order valence-corrected chi connectivity index (χ1v) is 8.11. The van der Waals surface area contributed by atoms with Crippen LogP contribution in [0.1, 0.15) is 36.8 Å². The molecule has 3 heteroatoms. The highest BCUT2D eigenvalue weighted by molar-refractivity contribution is 5.54. The van der Waals surface area contributed by atoms with Crippen LogP contribution in [0.5, 0.6) is 0 Å². The lowest BCUT2D eigenvalue weighted by Gasteiger charge is -2.37. The summed E-state index contributed by atoms with van der Waals surface area (Å²) in [4.78, 5) is 2.65. The van der Waals surface area contributed by atoms with E-state index >= 15 is 0 Å². The highest BCUT2D eigenvalue weighted by Crippen LogP contribution is 2.31. The first-order chi connectivity index (χ1) is 9.90. The number of nitrogens with one attached hydrogen (secondary N) is 1. The monoisotopic (exact) mass is 272 g/mol. The Morgan fingerprint density at radius 1 is 1.25 bits per heavy atom. The van der Waals surface area contributed by atoms with Crippen LogP contribution in [-0.4, -0.2) is 36.7 Å². The molecule has 20 heavy (non-hydrogen) atoms. The zero-order valence-corrected chi connectivity index (χ0v) is 12.1. The summed E-state index contributed by atoms with van der Waals surface area (Å²) in [5.74, 6) is 0. The fourth-order valence-corrected chi connectivity index (χ4v) is 4.06. The maximum atomic E-state index is 5.91. The maximum Gasteiger partial charge on any atom is 0.0731 e. The molecule has 0 aromatic heterocycles. The normalized spacial score (nSPS) is 29.6. The van der Waals surface area contributed by atoms with E-state index in [1.165, 1.54) is 48.9 Å². The molecule has 1 saturated carbocycles. The molecule has 2 fully saturated rings. The Balaban J connectivity index is 1.50. The van der Waals surface area contributed by atoms with Gasteiger partial charge in [-0.1, -0.05) is 12.1 Å². The van der Waals surface area contributed by atoms with Gasteiger partial charge in [-0.2, -0.15) is 0 Å². The molecule has 2 atom stereocenters. The molecule has 0 bridgehead atoms. The SMILES string of the molecule is c1cc2c(cc1CN1CCOC3CCCC31)CCCN2. The molecule has 0 amide bonds. The van der Waals surface area contributed by atoms with Gasteiger partial charge in [0.1, 0.15) is 0 Å². The summed E-state index contributed by atoms with van der Waals surface area (Å²) in [5, 5.41) is 3.50. The summed E-state index contributed by atoms with van der Waals surface area (Å²) >= 11 is 0. The van der Waals surface area contributed by atoms with Gasteiger partial charge in [0.15, 0.2) is 0 Å². The Morgan fingerprint density at radius 3 is 3.25 bits per heavy atom. The first-order valence-electron chi connectivity index (χ1n) is 8.11. The van der Waals surface area contributed by atoms with E-state index < -0.39 is 0 Å². The zero-order chi connectivity index (χ0) is 13.4. The molecule has 1 N–H and O–H groups in total. The smallest absolute Gasteiger partial charge is 0.0731 e. The Hall–Kier alpha value is -1.06. The Bertz CT molecular complexity index is 488. The minimum absolute atomic E-state index is 0.503. The molecule has 4 rings (SSSR count). The lowest BCUT2D eigenvalue weighted by Crippen LogP contribution is -2.47. The Morgan fingerprint density at radius 2 is 2.25 bits per heavy atom. The van der Waals surface area contributed by atoms with E-state index in [2.05, 4.69) is 28.4 Å². The van der Waals surface area contributed by atoms with Gasteiger partial charge in [0.05, 0.1) is 12.7 Å². The predicted molar refractivity (Wildman–Crippen MR) is 81.0 cm³/mol. The van der Waals surface area contributed by atoms with Crippen LogP contribution in [0.2, 0.25) is 0 Å². The number of benzene rings is 1. The topological polar surface area (TPSA) is 24.5 Å². The van der Waals surface area contributed by atoms with Crippen molar-refractivity contribution in [1.29, 1.82) is 0 Å². The average molecular weight is 272 g/mol. The third-order valence-electron chi connectivity index (χ3n) is 5.09. The van der Waals surface area contributed by atoms with Gasteiger partial charge in [-0.25, -0.2) is 0 Å². The molecule has 108 valence electrons. The van der Waals surface area contributed by atoms with Gasteiger partial charge in [-0.15, -0.1) is 0 Å². The van der Waals surface area contributed by atoms with Crippen LogP contribution in [0.15, 0.2) is 18.2 Å². The summed E-state index contributed by atoms with van der Waals surface area (Å²) in [6.45, 7) is 4.22. The zero-order valence-electron chi connectivity index (χ0n) is 12.1. The summed E-state index contributed by atoms with van der Waals surface area (Å²) < 4.78 is 5.91. The van der Waals surface area contributed by atoms with Gasteiger partial charge in [-0.3, -0.25) is 4.90 Å². The van der Waals surface area contributed by atoms with Gasteiger partial charge in [-0.05, 0) is 49.3 Å². The summed E-state index contributed by atoms with van der Waals surface area (Å²) in [6.07, 6.45) is 6.90. The number of anilines is 1. The lowest BCUT2D eigenvalue weighted by molar-refractivity contribution is -0.0588. The molecular weight excluding hydrogens is 248 g/mol. The van der Waals surface area contributed by atoms with E-state index in [1.807, 2.05) is 0 Å². The van der Waals surface area contributed by atoms with E-state index in [-0.39, 0.29) is 0 Å². The van der Waals surface area contributed by atoms with Crippen molar-refractivity contribution in [1.82, 2.24) is 4.90 Å². The number of hydrogen-bond donors (Lipinski definition) is 1. The van der Waals surface area contributed by atoms with Crippen molar-refractivity contribution in [2.24, 2.45) is 0 Å². The molecule has 1 aromatic carbocycles. The van der Waals surface area contributed by atoms with Crippen molar-refractivity contribution < 1.29 is 4.74 Å². The number of rotatable bonds is 2. The van der Waals surface area contributed by atoms with Crippen LogP contribution < -0.4 is 5.32 Å². The van der Waals surface area contributed by atoms with E-state index in [0.717, 1.165) is 26.2 Å². The molecule has 1 saturated heterocycles. The van der Waals surface area contributed by atoms with Crippen LogP contribution in [-0.2, 0) is 17.7 Å². The standard InChI is InChI=1S/C17H24N2O/c1-4-16-17(5-1)20-10-9-19(16)12-13-6-7-15-14(11-13)3-2-8-18-15/h6-7,11,16-18H,1-5,8-10,12H2. The third-order valence-corrected chi connectivity index (χ3v) is 5.09. The second-order valence-corrected chi connectivity index (χ2v) is 6.40. The van der Waals surface area contributed by atoms with Gasteiger partial charge >= 0.3 is 0 Å². The number of aryl methyl sites for hydroxylation is 1. The van der Waals surface area contributed by atoms with Gasteiger partial charge in [0, 0.05) is 31.4 Å². The number of morpholine rings is 1. The van der Waals surface area contributed by atoms with Crippen molar-refractivity contribution >= 4 is 5.69 Å². The second kappa shape index (κ2) is 5.38. The Labute approximate surface area is 121 Å². The van der Waals surface area contributed by atoms with E-state index in [1.54, 1.807) is 0 Å². The third kappa shape index (κ3) is 2.33. The quantitative estimate of drug-likeness (QED) is 0.896. The average Bonchev–Trinajstić information content (AvgIpc) is 2.97. The number of fused-ring (bicyclic) bond motifs is 2. The predicted octanol–water partition coefficient (Wildman–Crippen LogP) is 2.80. The van der Waals surface area contributed by atoms with E-state index in [0.29, 0.717) is 12.1 Å². The van der Waals surface area contributed by atoms with Crippen LogP contribution in [0.25, 0.3) is 0 Å². The molecule has 1 aromatic rings.